The van der Waals surface area contributed by atoms with E-state index >= 15 is 0 Å². The summed E-state index contributed by atoms with van der Waals surface area (Å²) in [5.41, 5.74) is 6.55. The SMILES string of the molecule is CN1CC(COc2ccccc2CN)OC1=O. The zero-order valence-corrected chi connectivity index (χ0v) is 9.76. The molecule has 1 saturated heterocycles. The Labute approximate surface area is 100 Å². The molecule has 1 aliphatic rings. The van der Waals surface area contributed by atoms with Gasteiger partial charge in [-0.3, -0.25) is 0 Å². The van der Waals surface area contributed by atoms with E-state index in [-0.39, 0.29) is 12.2 Å². The smallest absolute Gasteiger partial charge is 0.410 e. The molecule has 1 unspecified atom stereocenters. The Bertz CT molecular complexity index is 408. The highest BCUT2D eigenvalue weighted by Crippen LogP contribution is 2.18. The average molecular weight is 236 g/mol. The lowest BCUT2D eigenvalue weighted by Crippen LogP contribution is -2.23. The number of benzene rings is 1. The first kappa shape index (κ1) is 11.7. The second-order valence-electron chi connectivity index (χ2n) is 4.01. The standard InChI is InChI=1S/C12H16N2O3/c1-14-7-10(17-12(14)15)8-16-11-5-3-2-4-9(11)6-13/h2-5,10H,6-8,13H2,1H3. The van der Waals surface area contributed by atoms with Crippen LogP contribution in [0.3, 0.4) is 0 Å². The number of likely N-dealkylation sites (N-methyl/N-ethyl adjacent to an activating group) is 1. The Balaban J connectivity index is 1.92. The molecule has 0 aromatic heterocycles. The van der Waals surface area contributed by atoms with Gasteiger partial charge in [0.15, 0.2) is 6.10 Å². The van der Waals surface area contributed by atoms with Crippen molar-refractivity contribution in [2.45, 2.75) is 12.6 Å². The van der Waals surface area contributed by atoms with Crippen molar-refractivity contribution >= 4 is 6.09 Å². The molecule has 5 heteroatoms. The Morgan fingerprint density at radius 1 is 1.53 bits per heavy atom. The van der Waals surface area contributed by atoms with Crippen LogP contribution in [0.15, 0.2) is 24.3 Å². The third kappa shape index (κ3) is 2.68. The van der Waals surface area contributed by atoms with Crippen LogP contribution in [0, 0.1) is 0 Å². The lowest BCUT2D eigenvalue weighted by molar-refractivity contribution is 0.103. The van der Waals surface area contributed by atoms with Gasteiger partial charge in [0.1, 0.15) is 12.4 Å². The van der Waals surface area contributed by atoms with E-state index in [1.807, 2.05) is 24.3 Å². The molecule has 0 aliphatic carbocycles. The predicted octanol–water partition coefficient (Wildman–Crippen LogP) is 0.975. The Hall–Kier alpha value is -1.75. The van der Waals surface area contributed by atoms with Crippen LogP contribution in [-0.4, -0.2) is 37.3 Å². The molecule has 1 atom stereocenters. The van der Waals surface area contributed by atoms with Gasteiger partial charge in [0.2, 0.25) is 0 Å². The minimum atomic E-state index is -0.300. The molecule has 1 aromatic carbocycles. The number of nitrogens with two attached hydrogens (primary N) is 1. The number of amides is 1. The van der Waals surface area contributed by atoms with E-state index < -0.39 is 0 Å². The maximum absolute atomic E-state index is 11.1. The number of rotatable bonds is 4. The maximum Gasteiger partial charge on any atom is 0.410 e. The van der Waals surface area contributed by atoms with Gasteiger partial charge >= 0.3 is 6.09 Å². The van der Waals surface area contributed by atoms with Gasteiger partial charge in [-0.25, -0.2) is 4.79 Å². The molecule has 1 fully saturated rings. The van der Waals surface area contributed by atoms with Crippen LogP contribution >= 0.6 is 0 Å². The summed E-state index contributed by atoms with van der Waals surface area (Å²) in [4.78, 5) is 12.7. The van der Waals surface area contributed by atoms with Gasteiger partial charge in [0.25, 0.3) is 0 Å². The highest BCUT2D eigenvalue weighted by molar-refractivity contribution is 5.69. The summed E-state index contributed by atoms with van der Waals surface area (Å²) < 4.78 is 10.7. The van der Waals surface area contributed by atoms with Crippen molar-refractivity contribution in [1.29, 1.82) is 0 Å². The third-order valence-corrected chi connectivity index (χ3v) is 2.67. The summed E-state index contributed by atoms with van der Waals surface area (Å²) in [5, 5.41) is 0. The van der Waals surface area contributed by atoms with E-state index in [0.717, 1.165) is 11.3 Å². The van der Waals surface area contributed by atoms with Crippen LogP contribution in [-0.2, 0) is 11.3 Å². The van der Waals surface area contributed by atoms with Crippen molar-refractivity contribution in [1.82, 2.24) is 4.90 Å². The van der Waals surface area contributed by atoms with E-state index in [9.17, 15) is 4.79 Å². The molecule has 0 spiro atoms. The van der Waals surface area contributed by atoms with Crippen molar-refractivity contribution in [3.05, 3.63) is 29.8 Å². The fourth-order valence-electron chi connectivity index (χ4n) is 1.73. The van der Waals surface area contributed by atoms with Gasteiger partial charge in [-0.2, -0.15) is 0 Å². The van der Waals surface area contributed by atoms with E-state index in [4.69, 9.17) is 15.2 Å². The van der Waals surface area contributed by atoms with Crippen molar-refractivity contribution < 1.29 is 14.3 Å². The van der Waals surface area contributed by atoms with Crippen LogP contribution in [0.5, 0.6) is 5.75 Å². The first-order chi connectivity index (χ1) is 8.20. The van der Waals surface area contributed by atoms with Crippen LogP contribution in [0.4, 0.5) is 4.79 Å². The molecule has 2 N–H and O–H groups in total. The fraction of sp³-hybridized carbons (Fsp3) is 0.417. The Morgan fingerprint density at radius 2 is 2.29 bits per heavy atom. The highest BCUT2D eigenvalue weighted by atomic mass is 16.6. The van der Waals surface area contributed by atoms with Crippen LogP contribution in [0.1, 0.15) is 5.56 Å². The topological polar surface area (TPSA) is 64.8 Å². The Morgan fingerprint density at radius 3 is 2.94 bits per heavy atom. The highest BCUT2D eigenvalue weighted by Gasteiger charge is 2.28. The molecule has 5 nitrogen and oxygen atoms in total. The van der Waals surface area contributed by atoms with Gasteiger partial charge in [0, 0.05) is 19.2 Å². The van der Waals surface area contributed by atoms with Crippen LogP contribution in [0.25, 0.3) is 0 Å². The zero-order valence-electron chi connectivity index (χ0n) is 9.76. The number of nitrogens with zero attached hydrogens (tertiary/aromatic N) is 1. The summed E-state index contributed by atoms with van der Waals surface area (Å²) >= 11 is 0. The number of carbonyl (C=O) groups is 1. The van der Waals surface area contributed by atoms with Crippen LogP contribution < -0.4 is 10.5 Å². The molecule has 0 saturated carbocycles. The number of para-hydroxylation sites is 1. The summed E-state index contributed by atoms with van der Waals surface area (Å²) in [6.07, 6.45) is -0.510. The normalized spacial score (nSPS) is 19.3. The van der Waals surface area contributed by atoms with Crippen molar-refractivity contribution in [3.63, 3.8) is 0 Å². The molecule has 2 rings (SSSR count). The number of cyclic esters (lactones) is 1. The minimum absolute atomic E-state index is 0.210. The fourth-order valence-corrected chi connectivity index (χ4v) is 1.73. The van der Waals surface area contributed by atoms with Gasteiger partial charge < -0.3 is 20.1 Å². The molecule has 92 valence electrons. The monoisotopic (exact) mass is 236 g/mol. The molecule has 1 heterocycles. The summed E-state index contributed by atoms with van der Waals surface area (Å²) in [6.45, 7) is 1.34. The Kier molecular flexibility index (Phi) is 3.49. The molecule has 0 radical (unpaired) electrons. The van der Waals surface area contributed by atoms with Gasteiger partial charge in [-0.1, -0.05) is 18.2 Å². The van der Waals surface area contributed by atoms with Gasteiger partial charge in [-0.05, 0) is 6.07 Å². The van der Waals surface area contributed by atoms with Gasteiger partial charge in [0.05, 0.1) is 6.54 Å². The summed E-state index contributed by atoms with van der Waals surface area (Å²) in [7, 11) is 1.70. The quantitative estimate of drug-likeness (QED) is 0.846. The predicted molar refractivity (Wildman–Crippen MR) is 62.7 cm³/mol. The number of hydrogen-bond donors (Lipinski definition) is 1. The number of hydrogen-bond acceptors (Lipinski definition) is 4. The lowest BCUT2D eigenvalue weighted by Gasteiger charge is -2.12. The van der Waals surface area contributed by atoms with E-state index in [0.29, 0.717) is 19.7 Å². The number of ether oxygens (including phenoxy) is 2. The molecule has 17 heavy (non-hydrogen) atoms. The van der Waals surface area contributed by atoms with Crippen molar-refractivity contribution in [2.24, 2.45) is 5.73 Å². The molecular weight excluding hydrogens is 220 g/mol. The largest absolute Gasteiger partial charge is 0.489 e. The lowest BCUT2D eigenvalue weighted by atomic mass is 10.2. The van der Waals surface area contributed by atoms with Crippen molar-refractivity contribution in [2.75, 3.05) is 20.2 Å². The summed E-state index contributed by atoms with van der Waals surface area (Å²) in [6, 6.07) is 7.59. The third-order valence-electron chi connectivity index (χ3n) is 2.67. The molecular formula is C12H16N2O3. The van der Waals surface area contributed by atoms with Gasteiger partial charge in [-0.15, -0.1) is 0 Å². The molecule has 1 aromatic rings. The van der Waals surface area contributed by atoms with Crippen molar-refractivity contribution in [3.8, 4) is 5.75 Å². The molecule has 1 aliphatic heterocycles. The molecule has 1 amide bonds. The van der Waals surface area contributed by atoms with E-state index in [1.54, 1.807) is 7.05 Å². The second-order valence-corrected chi connectivity index (χ2v) is 4.01. The molecule has 0 bridgehead atoms. The van der Waals surface area contributed by atoms with E-state index in [2.05, 4.69) is 0 Å². The van der Waals surface area contributed by atoms with Crippen LogP contribution in [0.2, 0.25) is 0 Å². The number of carbonyl (C=O) groups excluding carboxylic acids is 1. The summed E-state index contributed by atoms with van der Waals surface area (Å²) in [5.74, 6) is 0.751. The first-order valence-electron chi connectivity index (χ1n) is 5.53. The minimum Gasteiger partial charge on any atom is -0.489 e. The maximum atomic E-state index is 11.1. The zero-order chi connectivity index (χ0) is 12.3. The van der Waals surface area contributed by atoms with E-state index in [1.165, 1.54) is 4.90 Å². The average Bonchev–Trinajstić information content (AvgIpc) is 2.66. The first-order valence-corrected chi connectivity index (χ1v) is 5.53. The second kappa shape index (κ2) is 5.05.